The molecule has 5 aromatic rings. The number of carbonyl (C=O) groups is 1. The van der Waals surface area contributed by atoms with Gasteiger partial charge in [-0.1, -0.05) is 29.8 Å². The van der Waals surface area contributed by atoms with Gasteiger partial charge in [0.05, 0.1) is 22.3 Å². The smallest absolute Gasteiger partial charge is 0.345 e. The number of halogens is 5. The zero-order valence-electron chi connectivity index (χ0n) is 19.7. The molecule has 0 saturated heterocycles. The number of hydrogen-bond donors (Lipinski definition) is 1. The molecule has 6 nitrogen and oxygen atoms in total. The van der Waals surface area contributed by atoms with Crippen LogP contribution in [0.15, 0.2) is 79.1 Å². The summed E-state index contributed by atoms with van der Waals surface area (Å²) in [5.41, 5.74) is 3.01. The van der Waals surface area contributed by atoms with Crippen molar-refractivity contribution in [2.75, 3.05) is 0 Å². The van der Waals surface area contributed by atoms with Crippen molar-refractivity contribution in [2.45, 2.75) is 19.1 Å². The summed E-state index contributed by atoms with van der Waals surface area (Å²) >= 11 is 6.43. The summed E-state index contributed by atoms with van der Waals surface area (Å²) in [6, 6.07) is 17.3. The van der Waals surface area contributed by atoms with Gasteiger partial charge in [-0.25, -0.2) is 19.0 Å². The summed E-state index contributed by atoms with van der Waals surface area (Å²) in [5.74, 6) is -2.13. The SMILES string of the molecule is C[C@@H](NC(=O)c1ccc2c(-c3ccccc3Cl)nn(-c3ccc(F)cc3)c2c1)c1cnc(C(F)(F)F)nc1. The zero-order chi connectivity index (χ0) is 27.0. The number of hydrogen-bond acceptors (Lipinski definition) is 4. The summed E-state index contributed by atoms with van der Waals surface area (Å²) in [4.78, 5) is 19.8. The predicted molar refractivity (Wildman–Crippen MR) is 134 cm³/mol. The van der Waals surface area contributed by atoms with Gasteiger partial charge in [-0.15, -0.1) is 0 Å². The average molecular weight is 540 g/mol. The Bertz CT molecular complexity index is 1630. The maximum absolute atomic E-state index is 13.6. The molecule has 0 aliphatic rings. The van der Waals surface area contributed by atoms with E-state index in [1.54, 1.807) is 54.1 Å². The van der Waals surface area contributed by atoms with Crippen LogP contribution >= 0.6 is 11.6 Å². The van der Waals surface area contributed by atoms with Crippen LogP contribution in [-0.4, -0.2) is 25.7 Å². The van der Waals surface area contributed by atoms with Gasteiger partial charge < -0.3 is 5.32 Å². The van der Waals surface area contributed by atoms with Crippen molar-refractivity contribution < 1.29 is 22.4 Å². The molecule has 0 spiro atoms. The van der Waals surface area contributed by atoms with E-state index in [2.05, 4.69) is 15.3 Å². The third kappa shape index (κ3) is 4.95. The van der Waals surface area contributed by atoms with Crippen molar-refractivity contribution in [2.24, 2.45) is 0 Å². The van der Waals surface area contributed by atoms with Crippen molar-refractivity contribution in [1.82, 2.24) is 25.1 Å². The molecule has 0 radical (unpaired) electrons. The number of aromatic nitrogens is 4. The predicted octanol–water partition coefficient (Wildman–Crippen LogP) is 6.78. The first-order valence-electron chi connectivity index (χ1n) is 11.4. The molecule has 1 atom stereocenters. The van der Waals surface area contributed by atoms with E-state index in [1.807, 2.05) is 12.1 Å². The van der Waals surface area contributed by atoms with Crippen LogP contribution in [0.5, 0.6) is 0 Å². The summed E-state index contributed by atoms with van der Waals surface area (Å²) in [7, 11) is 0. The van der Waals surface area contributed by atoms with Gasteiger partial charge in [-0.05, 0) is 55.5 Å². The Morgan fingerprint density at radius 3 is 2.34 bits per heavy atom. The summed E-state index contributed by atoms with van der Waals surface area (Å²) in [6.07, 6.45) is -2.59. The Morgan fingerprint density at radius 2 is 1.68 bits per heavy atom. The lowest BCUT2D eigenvalue weighted by Gasteiger charge is -2.14. The van der Waals surface area contributed by atoms with Crippen molar-refractivity contribution >= 4 is 28.4 Å². The minimum Gasteiger partial charge on any atom is -0.345 e. The topological polar surface area (TPSA) is 72.7 Å². The molecule has 0 unspecified atom stereocenters. The van der Waals surface area contributed by atoms with E-state index in [0.29, 0.717) is 38.4 Å². The fraction of sp³-hybridized carbons (Fsp3) is 0.111. The van der Waals surface area contributed by atoms with E-state index >= 15 is 0 Å². The number of alkyl halides is 3. The quantitative estimate of drug-likeness (QED) is 0.250. The molecule has 0 bridgehead atoms. The second-order valence-electron chi connectivity index (χ2n) is 8.48. The highest BCUT2D eigenvalue weighted by molar-refractivity contribution is 6.33. The van der Waals surface area contributed by atoms with E-state index in [0.717, 1.165) is 12.4 Å². The molecule has 0 aliphatic carbocycles. The number of rotatable bonds is 5. The van der Waals surface area contributed by atoms with E-state index in [4.69, 9.17) is 16.7 Å². The lowest BCUT2D eigenvalue weighted by atomic mass is 10.1. The molecule has 0 aliphatic heterocycles. The molecule has 192 valence electrons. The first-order chi connectivity index (χ1) is 18.1. The molecule has 1 amide bonds. The summed E-state index contributed by atoms with van der Waals surface area (Å²) in [5, 5.41) is 8.68. The Labute approximate surface area is 218 Å². The van der Waals surface area contributed by atoms with Crippen molar-refractivity contribution in [1.29, 1.82) is 0 Å². The fourth-order valence-electron chi connectivity index (χ4n) is 3.96. The summed E-state index contributed by atoms with van der Waals surface area (Å²) in [6.45, 7) is 1.61. The van der Waals surface area contributed by atoms with Gasteiger partial charge in [0.2, 0.25) is 5.82 Å². The van der Waals surface area contributed by atoms with Crippen LogP contribution in [0, 0.1) is 5.82 Å². The molecular weight excluding hydrogens is 522 g/mol. The number of benzene rings is 3. The monoisotopic (exact) mass is 539 g/mol. The molecular formula is C27H18ClF4N5O. The average Bonchev–Trinajstić information content (AvgIpc) is 3.27. The second kappa shape index (κ2) is 9.86. The zero-order valence-corrected chi connectivity index (χ0v) is 20.4. The van der Waals surface area contributed by atoms with E-state index in [9.17, 15) is 22.4 Å². The van der Waals surface area contributed by atoms with Gasteiger partial charge >= 0.3 is 6.18 Å². The molecule has 2 aromatic heterocycles. The molecule has 2 heterocycles. The van der Waals surface area contributed by atoms with E-state index in [-0.39, 0.29) is 5.56 Å². The third-order valence-corrected chi connectivity index (χ3v) is 6.25. The van der Waals surface area contributed by atoms with Gasteiger partial charge in [0.15, 0.2) is 0 Å². The Kier molecular flexibility index (Phi) is 6.58. The van der Waals surface area contributed by atoms with Gasteiger partial charge in [0, 0.05) is 34.5 Å². The van der Waals surface area contributed by atoms with Crippen molar-refractivity contribution in [3.63, 3.8) is 0 Å². The van der Waals surface area contributed by atoms with Crippen LogP contribution in [0.2, 0.25) is 5.02 Å². The molecule has 0 saturated carbocycles. The molecule has 38 heavy (non-hydrogen) atoms. The molecule has 5 rings (SSSR count). The lowest BCUT2D eigenvalue weighted by Crippen LogP contribution is -2.27. The lowest BCUT2D eigenvalue weighted by molar-refractivity contribution is -0.145. The van der Waals surface area contributed by atoms with Crippen LogP contribution in [-0.2, 0) is 6.18 Å². The standard InChI is InChI=1S/C27H18ClF4N5O/c1-15(17-13-33-26(34-14-17)27(30,31)32)35-25(38)16-6-11-21-23(12-16)37(19-9-7-18(29)8-10-19)36-24(21)20-4-2-3-5-22(20)28/h2-15H,1H3,(H,35,38)/t15-/m1/s1. The van der Waals surface area contributed by atoms with Crippen LogP contribution in [0.25, 0.3) is 27.8 Å². The minimum atomic E-state index is -4.66. The second-order valence-corrected chi connectivity index (χ2v) is 8.89. The maximum atomic E-state index is 13.6. The highest BCUT2D eigenvalue weighted by Gasteiger charge is 2.34. The number of amides is 1. The van der Waals surface area contributed by atoms with Crippen LogP contribution < -0.4 is 5.32 Å². The highest BCUT2D eigenvalue weighted by Crippen LogP contribution is 2.34. The fourth-order valence-corrected chi connectivity index (χ4v) is 4.18. The van der Waals surface area contributed by atoms with Crippen molar-refractivity contribution in [3.05, 3.63) is 107 Å². The number of nitrogens with zero attached hydrogens (tertiary/aromatic N) is 4. The van der Waals surface area contributed by atoms with Crippen LogP contribution in [0.1, 0.15) is 34.7 Å². The van der Waals surface area contributed by atoms with Crippen LogP contribution in [0.3, 0.4) is 0 Å². The number of carbonyl (C=O) groups excluding carboxylic acids is 1. The molecule has 1 N–H and O–H groups in total. The third-order valence-electron chi connectivity index (χ3n) is 5.92. The molecule has 11 heteroatoms. The van der Waals surface area contributed by atoms with Crippen molar-refractivity contribution in [3.8, 4) is 16.9 Å². The van der Waals surface area contributed by atoms with Gasteiger partial charge in [-0.2, -0.15) is 18.3 Å². The first-order valence-corrected chi connectivity index (χ1v) is 11.7. The first kappa shape index (κ1) is 25.3. The van der Waals surface area contributed by atoms with Gasteiger partial charge in [-0.3, -0.25) is 4.79 Å². The molecule has 0 fully saturated rings. The summed E-state index contributed by atoms with van der Waals surface area (Å²) < 4.78 is 53.5. The highest BCUT2D eigenvalue weighted by atomic mass is 35.5. The normalized spacial score (nSPS) is 12.5. The minimum absolute atomic E-state index is 0.283. The number of nitrogens with one attached hydrogen (secondary N) is 1. The Balaban J connectivity index is 1.51. The van der Waals surface area contributed by atoms with Crippen LogP contribution in [0.4, 0.5) is 17.6 Å². The maximum Gasteiger partial charge on any atom is 0.451 e. The number of fused-ring (bicyclic) bond motifs is 1. The largest absolute Gasteiger partial charge is 0.451 e. The van der Waals surface area contributed by atoms with E-state index < -0.39 is 29.8 Å². The van der Waals surface area contributed by atoms with Gasteiger partial charge in [0.1, 0.15) is 11.5 Å². The van der Waals surface area contributed by atoms with E-state index in [1.165, 1.54) is 12.1 Å². The molecule has 3 aromatic carbocycles. The Morgan fingerprint density at radius 1 is 1.00 bits per heavy atom. The Hall–Kier alpha value is -4.31. The van der Waals surface area contributed by atoms with Gasteiger partial charge in [0.25, 0.3) is 5.91 Å².